The summed E-state index contributed by atoms with van der Waals surface area (Å²) in [6, 6.07) is 0.322. The van der Waals surface area contributed by atoms with Gasteiger partial charge in [0, 0.05) is 0 Å². The van der Waals surface area contributed by atoms with Crippen LogP contribution >= 0.6 is 0 Å². The van der Waals surface area contributed by atoms with Gasteiger partial charge in [-0.2, -0.15) is 5.10 Å². The zero-order valence-corrected chi connectivity index (χ0v) is 11.4. The fraction of sp³-hybridized carbons (Fsp3) is 0.786. The molecule has 18 heavy (non-hydrogen) atoms. The highest BCUT2D eigenvalue weighted by Crippen LogP contribution is 2.37. The van der Waals surface area contributed by atoms with Crippen LogP contribution in [0.3, 0.4) is 0 Å². The summed E-state index contributed by atoms with van der Waals surface area (Å²) in [4.78, 5) is 0. The maximum atomic E-state index is 9.86. The smallest absolute Gasteiger partial charge is 0.157 e. The second kappa shape index (κ2) is 6.23. The van der Waals surface area contributed by atoms with Gasteiger partial charge in [-0.25, -0.2) is 0 Å². The molecule has 0 saturated heterocycles. The van der Waals surface area contributed by atoms with Crippen molar-refractivity contribution in [3.8, 4) is 5.75 Å². The third-order valence-corrected chi connectivity index (χ3v) is 3.82. The second-order valence-corrected chi connectivity index (χ2v) is 5.17. The van der Waals surface area contributed by atoms with Crippen LogP contribution in [-0.2, 0) is 0 Å². The third kappa shape index (κ3) is 3.05. The maximum Gasteiger partial charge on any atom is 0.157 e. The molecule has 1 fully saturated rings. The normalized spacial score (nSPS) is 28.3. The molecule has 0 spiro atoms. The molecule has 1 aliphatic carbocycles. The van der Waals surface area contributed by atoms with Crippen LogP contribution in [0.4, 0.5) is 0 Å². The van der Waals surface area contributed by atoms with E-state index < -0.39 is 0 Å². The van der Waals surface area contributed by atoms with E-state index in [1.54, 1.807) is 6.20 Å². The lowest BCUT2D eigenvalue weighted by Crippen LogP contribution is -2.30. The number of aliphatic hydroxyl groups excluding tert-OH is 1. The molecule has 0 amide bonds. The van der Waals surface area contributed by atoms with Crippen LogP contribution in [0.1, 0.15) is 52.0 Å². The van der Waals surface area contributed by atoms with Crippen LogP contribution in [0.2, 0.25) is 0 Å². The predicted octanol–water partition coefficient (Wildman–Crippen LogP) is 2.78. The number of hydrogen-bond donors (Lipinski definition) is 1. The fourth-order valence-electron chi connectivity index (χ4n) is 2.96. The molecule has 1 aliphatic rings. The molecule has 102 valence electrons. The molecule has 0 radical (unpaired) electrons. The lowest BCUT2D eigenvalue weighted by molar-refractivity contribution is 0.0648. The van der Waals surface area contributed by atoms with Crippen molar-refractivity contribution in [3.05, 3.63) is 12.4 Å². The summed E-state index contributed by atoms with van der Waals surface area (Å²) in [5, 5.41) is 14.3. The molecule has 4 nitrogen and oxygen atoms in total. The summed E-state index contributed by atoms with van der Waals surface area (Å²) in [5.41, 5.74) is 0. The Hall–Kier alpha value is -1.03. The Labute approximate surface area is 109 Å². The van der Waals surface area contributed by atoms with Crippen molar-refractivity contribution in [2.75, 3.05) is 6.61 Å². The van der Waals surface area contributed by atoms with Gasteiger partial charge in [0.05, 0.1) is 31.1 Å². The van der Waals surface area contributed by atoms with E-state index >= 15 is 0 Å². The Morgan fingerprint density at radius 2 is 2.28 bits per heavy atom. The van der Waals surface area contributed by atoms with Crippen LogP contribution in [0, 0.1) is 5.92 Å². The van der Waals surface area contributed by atoms with Crippen molar-refractivity contribution in [1.29, 1.82) is 0 Å². The van der Waals surface area contributed by atoms with E-state index in [9.17, 15) is 5.11 Å². The second-order valence-electron chi connectivity index (χ2n) is 5.17. The molecule has 0 bridgehead atoms. The van der Waals surface area contributed by atoms with Crippen molar-refractivity contribution in [1.82, 2.24) is 9.78 Å². The highest BCUT2D eigenvalue weighted by Gasteiger charge is 2.30. The first kappa shape index (κ1) is 13.4. The molecule has 3 atom stereocenters. The predicted molar refractivity (Wildman–Crippen MR) is 70.7 cm³/mol. The summed E-state index contributed by atoms with van der Waals surface area (Å²) < 4.78 is 7.45. The molecule has 2 rings (SSSR count). The van der Waals surface area contributed by atoms with E-state index in [2.05, 4.69) is 12.0 Å². The van der Waals surface area contributed by atoms with Gasteiger partial charge in [0.1, 0.15) is 0 Å². The van der Waals surface area contributed by atoms with Crippen molar-refractivity contribution >= 4 is 0 Å². The van der Waals surface area contributed by atoms with Crippen molar-refractivity contribution < 1.29 is 9.84 Å². The van der Waals surface area contributed by atoms with E-state index in [-0.39, 0.29) is 6.10 Å². The molecule has 0 aromatic carbocycles. The molecule has 0 aliphatic heterocycles. The Bertz CT molecular complexity index is 364. The average molecular weight is 252 g/mol. The maximum absolute atomic E-state index is 9.86. The van der Waals surface area contributed by atoms with Gasteiger partial charge in [-0.3, -0.25) is 4.68 Å². The minimum absolute atomic E-state index is 0.178. The number of rotatable bonds is 5. The zero-order chi connectivity index (χ0) is 13.0. The number of aromatic nitrogens is 2. The Kier molecular flexibility index (Phi) is 4.64. The molecule has 1 heterocycles. The van der Waals surface area contributed by atoms with Gasteiger partial charge in [0.25, 0.3) is 0 Å². The largest absolute Gasteiger partial charge is 0.491 e. The first-order valence-corrected chi connectivity index (χ1v) is 7.09. The van der Waals surface area contributed by atoms with E-state index in [1.807, 2.05) is 17.8 Å². The highest BCUT2D eigenvalue weighted by atomic mass is 16.5. The molecular weight excluding hydrogens is 228 g/mol. The van der Waals surface area contributed by atoms with Gasteiger partial charge >= 0.3 is 0 Å². The quantitative estimate of drug-likeness (QED) is 0.876. The zero-order valence-electron chi connectivity index (χ0n) is 11.4. The summed E-state index contributed by atoms with van der Waals surface area (Å²) in [6.45, 7) is 4.86. The SMILES string of the molecule is CCCC1CCC(O)CC1n1cc(OCC)cn1. The summed E-state index contributed by atoms with van der Waals surface area (Å²) in [7, 11) is 0. The standard InChI is InChI=1S/C14H24N2O2/c1-3-5-11-6-7-12(17)8-14(11)16-10-13(9-15-16)18-4-2/h9-12,14,17H,3-8H2,1-2H3. The number of aliphatic hydroxyl groups is 1. The van der Waals surface area contributed by atoms with Crippen LogP contribution in [0.5, 0.6) is 5.75 Å². The number of ether oxygens (including phenoxy) is 1. The van der Waals surface area contributed by atoms with Gasteiger partial charge < -0.3 is 9.84 Å². The minimum Gasteiger partial charge on any atom is -0.491 e. The minimum atomic E-state index is -0.178. The molecule has 1 aromatic heterocycles. The molecule has 3 unspecified atom stereocenters. The summed E-state index contributed by atoms with van der Waals surface area (Å²) >= 11 is 0. The van der Waals surface area contributed by atoms with E-state index in [0.29, 0.717) is 18.6 Å². The first-order chi connectivity index (χ1) is 8.74. The van der Waals surface area contributed by atoms with Crippen LogP contribution in [0.15, 0.2) is 12.4 Å². The Balaban J connectivity index is 2.10. The lowest BCUT2D eigenvalue weighted by atomic mass is 9.80. The Morgan fingerprint density at radius 1 is 1.44 bits per heavy atom. The van der Waals surface area contributed by atoms with Crippen molar-refractivity contribution in [2.24, 2.45) is 5.92 Å². The summed E-state index contributed by atoms with van der Waals surface area (Å²) in [6.07, 6.45) is 8.81. The highest BCUT2D eigenvalue weighted by molar-refractivity contribution is 5.12. The lowest BCUT2D eigenvalue weighted by Gasteiger charge is -2.34. The third-order valence-electron chi connectivity index (χ3n) is 3.82. The molecule has 1 aromatic rings. The van der Waals surface area contributed by atoms with E-state index in [4.69, 9.17) is 4.74 Å². The van der Waals surface area contributed by atoms with Gasteiger partial charge in [-0.1, -0.05) is 13.3 Å². The number of nitrogens with zero attached hydrogens (tertiary/aromatic N) is 2. The van der Waals surface area contributed by atoms with Gasteiger partial charge in [-0.05, 0) is 38.5 Å². The fourth-order valence-corrected chi connectivity index (χ4v) is 2.96. The van der Waals surface area contributed by atoms with Crippen LogP contribution < -0.4 is 4.74 Å². The van der Waals surface area contributed by atoms with Crippen LogP contribution in [-0.4, -0.2) is 27.6 Å². The first-order valence-electron chi connectivity index (χ1n) is 7.09. The van der Waals surface area contributed by atoms with Crippen molar-refractivity contribution in [3.63, 3.8) is 0 Å². The average Bonchev–Trinajstić information content (AvgIpc) is 2.81. The topological polar surface area (TPSA) is 47.3 Å². The number of hydrogen-bond acceptors (Lipinski definition) is 3. The molecular formula is C14H24N2O2. The van der Waals surface area contributed by atoms with E-state index in [1.165, 1.54) is 12.8 Å². The van der Waals surface area contributed by atoms with Gasteiger partial charge in [0.15, 0.2) is 5.75 Å². The van der Waals surface area contributed by atoms with Crippen molar-refractivity contribution in [2.45, 2.75) is 58.1 Å². The van der Waals surface area contributed by atoms with Crippen LogP contribution in [0.25, 0.3) is 0 Å². The molecule has 1 saturated carbocycles. The molecule has 1 N–H and O–H groups in total. The van der Waals surface area contributed by atoms with E-state index in [0.717, 1.165) is 25.0 Å². The Morgan fingerprint density at radius 3 is 3.00 bits per heavy atom. The monoisotopic (exact) mass is 252 g/mol. The summed E-state index contributed by atoms with van der Waals surface area (Å²) in [5.74, 6) is 1.46. The molecule has 4 heteroatoms. The van der Waals surface area contributed by atoms with Gasteiger partial charge in [0.2, 0.25) is 0 Å². The van der Waals surface area contributed by atoms with Gasteiger partial charge in [-0.15, -0.1) is 0 Å².